The Morgan fingerprint density at radius 3 is 2.52 bits per heavy atom. The summed E-state index contributed by atoms with van der Waals surface area (Å²) in [6.45, 7) is 10.6. The smallest absolute Gasteiger partial charge is 0.236 e. The Balaban J connectivity index is 1.33. The topological polar surface area (TPSA) is 36.0 Å². The fourth-order valence-electron chi connectivity index (χ4n) is 5.40. The lowest BCUT2D eigenvalue weighted by Gasteiger charge is -2.40. The summed E-state index contributed by atoms with van der Waals surface area (Å²) in [6, 6.07) is 15.6. The number of nitrogens with zero attached hydrogens (tertiary/aromatic N) is 3. The highest BCUT2D eigenvalue weighted by atomic mass is 16.5. The number of benzene rings is 2. The maximum absolute atomic E-state index is 13.0. The minimum Gasteiger partial charge on any atom is -0.496 e. The minimum atomic E-state index is 0.285. The SMILES string of the molecule is CCCC(CC)N1CCN(C(=O)CN2CCc3cc(-c4ccccc4OC)ccc3C2)CC1. The number of carbonyl (C=O) groups excluding carboxylic acids is 1. The number of methoxy groups -OCH3 is 1. The van der Waals surface area contributed by atoms with Crippen LogP contribution in [0.15, 0.2) is 42.5 Å². The van der Waals surface area contributed by atoms with E-state index in [9.17, 15) is 4.79 Å². The summed E-state index contributed by atoms with van der Waals surface area (Å²) in [4.78, 5) is 20.0. The summed E-state index contributed by atoms with van der Waals surface area (Å²) in [5.74, 6) is 1.19. The lowest BCUT2D eigenvalue weighted by atomic mass is 9.94. The molecule has 2 heterocycles. The lowest BCUT2D eigenvalue weighted by Crippen LogP contribution is -2.53. The van der Waals surface area contributed by atoms with Crippen LogP contribution >= 0.6 is 0 Å². The highest BCUT2D eigenvalue weighted by molar-refractivity contribution is 5.78. The Kier molecular flexibility index (Phi) is 8.05. The van der Waals surface area contributed by atoms with Gasteiger partial charge in [0.15, 0.2) is 0 Å². The molecule has 0 spiro atoms. The Labute approximate surface area is 199 Å². The van der Waals surface area contributed by atoms with Crippen LogP contribution in [0.1, 0.15) is 44.2 Å². The first-order valence-corrected chi connectivity index (χ1v) is 12.6. The van der Waals surface area contributed by atoms with E-state index in [1.807, 2.05) is 12.1 Å². The molecule has 1 unspecified atom stereocenters. The molecule has 2 aliphatic heterocycles. The van der Waals surface area contributed by atoms with E-state index in [1.165, 1.54) is 36.0 Å². The standard InChI is InChI=1S/C28H39N3O2/c1-4-8-25(5-2)30-15-17-31(18-16-30)28(32)21-29-14-13-22-19-23(11-12-24(22)20-29)26-9-6-7-10-27(26)33-3/h6-7,9-12,19,25H,4-5,8,13-18,20-21H2,1-3H3. The average Bonchev–Trinajstić information content (AvgIpc) is 2.87. The van der Waals surface area contributed by atoms with Crippen molar-refractivity contribution in [1.82, 2.24) is 14.7 Å². The second kappa shape index (κ2) is 11.2. The number of piperazine rings is 1. The number of rotatable bonds is 8. The van der Waals surface area contributed by atoms with Gasteiger partial charge < -0.3 is 9.64 Å². The second-order valence-electron chi connectivity index (χ2n) is 9.41. The van der Waals surface area contributed by atoms with E-state index < -0.39 is 0 Å². The number of fused-ring (bicyclic) bond motifs is 1. The van der Waals surface area contributed by atoms with Gasteiger partial charge in [-0.25, -0.2) is 0 Å². The molecule has 5 heteroatoms. The van der Waals surface area contributed by atoms with E-state index in [1.54, 1.807) is 7.11 Å². The number of hydrogen-bond acceptors (Lipinski definition) is 4. The number of ether oxygens (including phenoxy) is 1. The third kappa shape index (κ3) is 5.59. The molecule has 2 aromatic rings. The molecule has 1 atom stereocenters. The summed E-state index contributed by atoms with van der Waals surface area (Å²) in [5.41, 5.74) is 5.05. The highest BCUT2D eigenvalue weighted by Gasteiger charge is 2.27. The quantitative estimate of drug-likeness (QED) is 0.597. The molecule has 2 aromatic carbocycles. The fourth-order valence-corrected chi connectivity index (χ4v) is 5.40. The summed E-state index contributed by atoms with van der Waals surface area (Å²) >= 11 is 0. The van der Waals surface area contributed by atoms with Gasteiger partial charge in [0.1, 0.15) is 5.75 Å². The molecule has 4 rings (SSSR count). The Morgan fingerprint density at radius 2 is 1.79 bits per heavy atom. The molecule has 0 N–H and O–H groups in total. The van der Waals surface area contributed by atoms with Gasteiger partial charge in [-0.05, 0) is 42.0 Å². The van der Waals surface area contributed by atoms with Crippen molar-refractivity contribution in [3.05, 3.63) is 53.6 Å². The van der Waals surface area contributed by atoms with Crippen LogP contribution in [0.3, 0.4) is 0 Å². The van der Waals surface area contributed by atoms with Crippen LogP contribution in [0.25, 0.3) is 11.1 Å². The molecule has 1 amide bonds. The van der Waals surface area contributed by atoms with Crippen LogP contribution in [0, 0.1) is 0 Å². The fraction of sp³-hybridized carbons (Fsp3) is 0.536. The molecule has 33 heavy (non-hydrogen) atoms. The van der Waals surface area contributed by atoms with E-state index in [0.29, 0.717) is 12.6 Å². The molecular weight excluding hydrogens is 410 g/mol. The maximum atomic E-state index is 13.0. The first-order chi connectivity index (χ1) is 16.1. The molecule has 178 valence electrons. The zero-order valence-corrected chi connectivity index (χ0v) is 20.6. The van der Waals surface area contributed by atoms with E-state index in [4.69, 9.17) is 4.74 Å². The van der Waals surface area contributed by atoms with Crippen LogP contribution in [-0.2, 0) is 17.8 Å². The van der Waals surface area contributed by atoms with Gasteiger partial charge in [-0.1, -0.05) is 56.7 Å². The van der Waals surface area contributed by atoms with Crippen molar-refractivity contribution in [2.75, 3.05) is 46.4 Å². The van der Waals surface area contributed by atoms with Crippen molar-refractivity contribution in [2.24, 2.45) is 0 Å². The molecule has 0 aromatic heterocycles. The van der Waals surface area contributed by atoms with Crippen molar-refractivity contribution in [3.8, 4) is 16.9 Å². The normalized spacial score (nSPS) is 18.1. The third-order valence-electron chi connectivity index (χ3n) is 7.35. The summed E-state index contributed by atoms with van der Waals surface area (Å²) < 4.78 is 5.55. The molecule has 0 aliphatic carbocycles. The molecule has 1 fully saturated rings. The average molecular weight is 450 g/mol. The first kappa shape index (κ1) is 23.8. The molecule has 2 aliphatic rings. The van der Waals surface area contributed by atoms with Crippen LogP contribution in [-0.4, -0.2) is 73.0 Å². The van der Waals surface area contributed by atoms with Crippen molar-refractivity contribution >= 4 is 5.91 Å². The van der Waals surface area contributed by atoms with Gasteiger partial charge in [-0.3, -0.25) is 14.6 Å². The molecule has 5 nitrogen and oxygen atoms in total. The number of amides is 1. The van der Waals surface area contributed by atoms with Gasteiger partial charge in [0.05, 0.1) is 13.7 Å². The van der Waals surface area contributed by atoms with Crippen LogP contribution < -0.4 is 4.74 Å². The summed E-state index contributed by atoms with van der Waals surface area (Å²) in [6.07, 6.45) is 4.67. The van der Waals surface area contributed by atoms with Crippen LogP contribution in [0.2, 0.25) is 0 Å². The molecule has 1 saturated heterocycles. The van der Waals surface area contributed by atoms with E-state index >= 15 is 0 Å². The highest BCUT2D eigenvalue weighted by Crippen LogP contribution is 2.32. The zero-order valence-electron chi connectivity index (χ0n) is 20.6. The van der Waals surface area contributed by atoms with Gasteiger partial charge in [-0.15, -0.1) is 0 Å². The maximum Gasteiger partial charge on any atom is 0.236 e. The predicted octanol–water partition coefficient (Wildman–Crippen LogP) is 4.44. The summed E-state index contributed by atoms with van der Waals surface area (Å²) in [5, 5.41) is 0. The third-order valence-corrected chi connectivity index (χ3v) is 7.35. The predicted molar refractivity (Wildman–Crippen MR) is 135 cm³/mol. The summed E-state index contributed by atoms with van der Waals surface area (Å²) in [7, 11) is 1.72. The van der Waals surface area contributed by atoms with Gasteiger partial charge in [-0.2, -0.15) is 0 Å². The number of carbonyl (C=O) groups is 1. The monoisotopic (exact) mass is 449 g/mol. The molecular formula is C28H39N3O2. The van der Waals surface area contributed by atoms with Crippen LogP contribution in [0.4, 0.5) is 0 Å². The first-order valence-electron chi connectivity index (χ1n) is 12.6. The van der Waals surface area contributed by atoms with E-state index in [2.05, 4.69) is 58.9 Å². The van der Waals surface area contributed by atoms with Gasteiger partial charge in [0.2, 0.25) is 5.91 Å². The Bertz CT molecular complexity index is 936. The largest absolute Gasteiger partial charge is 0.496 e. The van der Waals surface area contributed by atoms with Crippen molar-refractivity contribution in [2.45, 2.75) is 52.1 Å². The lowest BCUT2D eigenvalue weighted by molar-refractivity contribution is -0.134. The van der Waals surface area contributed by atoms with Crippen molar-refractivity contribution in [1.29, 1.82) is 0 Å². The van der Waals surface area contributed by atoms with Gasteiger partial charge in [0, 0.05) is 50.9 Å². The Morgan fingerprint density at radius 1 is 1.00 bits per heavy atom. The van der Waals surface area contributed by atoms with Gasteiger partial charge >= 0.3 is 0 Å². The molecule has 0 saturated carbocycles. The van der Waals surface area contributed by atoms with Crippen LogP contribution in [0.5, 0.6) is 5.75 Å². The molecule has 0 bridgehead atoms. The number of hydrogen-bond donors (Lipinski definition) is 0. The number of para-hydroxylation sites is 1. The van der Waals surface area contributed by atoms with Crippen molar-refractivity contribution < 1.29 is 9.53 Å². The minimum absolute atomic E-state index is 0.285. The second-order valence-corrected chi connectivity index (χ2v) is 9.41. The van der Waals surface area contributed by atoms with E-state index in [-0.39, 0.29) is 5.91 Å². The van der Waals surface area contributed by atoms with E-state index in [0.717, 1.165) is 57.0 Å². The zero-order chi connectivity index (χ0) is 23.2. The van der Waals surface area contributed by atoms with Crippen molar-refractivity contribution in [3.63, 3.8) is 0 Å². The van der Waals surface area contributed by atoms with Gasteiger partial charge in [0.25, 0.3) is 0 Å². The molecule has 0 radical (unpaired) electrons. The Hall–Kier alpha value is -2.37.